The fourth-order valence-corrected chi connectivity index (χ4v) is 4.66. The highest BCUT2D eigenvalue weighted by molar-refractivity contribution is 5.97. The van der Waals surface area contributed by atoms with E-state index >= 15 is 4.39 Å². The van der Waals surface area contributed by atoms with E-state index in [-0.39, 0.29) is 17.8 Å². The Morgan fingerprint density at radius 3 is 2.45 bits per heavy atom. The number of anilines is 1. The zero-order valence-electron chi connectivity index (χ0n) is 24.3. The summed E-state index contributed by atoms with van der Waals surface area (Å²) in [6.45, 7) is 16.2. The molecule has 0 bridgehead atoms. The number of rotatable bonds is 1. The van der Waals surface area contributed by atoms with Crippen molar-refractivity contribution in [3.05, 3.63) is 46.8 Å². The maximum Gasteiger partial charge on any atom is 0.414 e. The van der Waals surface area contributed by atoms with Gasteiger partial charge in [0.1, 0.15) is 17.5 Å². The highest BCUT2D eigenvalue weighted by Gasteiger charge is 2.44. The van der Waals surface area contributed by atoms with Crippen LogP contribution in [0.1, 0.15) is 83.3 Å². The molecule has 0 aromatic heterocycles. The minimum Gasteiger partial charge on any atom is -0.458 e. The number of fused-ring (bicyclic) bond motifs is 2. The van der Waals surface area contributed by atoms with E-state index in [1.165, 1.54) is 11.0 Å². The van der Waals surface area contributed by atoms with Gasteiger partial charge in [-0.3, -0.25) is 4.90 Å². The highest BCUT2D eigenvalue weighted by atomic mass is 19.1. The molecule has 0 N–H and O–H groups in total. The molecule has 0 unspecified atom stereocenters. The topological polar surface area (TPSA) is 74.3 Å². The molecule has 0 saturated carbocycles. The monoisotopic (exact) mass is 531 g/mol. The average Bonchev–Trinajstić information content (AvgIpc) is 3.09. The number of hydrogen-bond acceptors (Lipinski definition) is 6. The highest BCUT2D eigenvalue weighted by Crippen LogP contribution is 2.38. The Hall–Kier alpha value is -2.71. The predicted molar refractivity (Wildman–Crippen MR) is 146 cm³/mol. The van der Waals surface area contributed by atoms with Crippen LogP contribution in [-0.4, -0.2) is 48.8 Å². The summed E-state index contributed by atoms with van der Waals surface area (Å²) in [6.07, 6.45) is 3.71. The standard InChI is InChI=1S/C30H42FNO6/c1-17-15-23(31)19(3)26-24(36-30(8,9)37-26)13-11-12-21-16-22(32(10)28(34)38-29(5,6)7)14-18(2)25(21)27(33)35-20(17)4/h11-12,14-17,19-20,24,26H,13H2,1-10H3/b12-11+,23-15+/t17-,19-,20+,24+,26-/m1/s1. The maximum absolute atomic E-state index is 15.3. The number of nitrogens with zero attached hydrogens (tertiary/aromatic N) is 1. The van der Waals surface area contributed by atoms with Gasteiger partial charge in [0.25, 0.3) is 0 Å². The number of ether oxygens (including phenoxy) is 4. The Balaban J connectivity index is 2.06. The lowest BCUT2D eigenvalue weighted by molar-refractivity contribution is -0.149. The van der Waals surface area contributed by atoms with Gasteiger partial charge in [-0.15, -0.1) is 0 Å². The van der Waals surface area contributed by atoms with E-state index in [1.807, 2.05) is 32.9 Å². The average molecular weight is 532 g/mol. The summed E-state index contributed by atoms with van der Waals surface area (Å²) in [4.78, 5) is 27.5. The summed E-state index contributed by atoms with van der Waals surface area (Å²) in [7, 11) is 1.63. The van der Waals surface area contributed by atoms with Crippen LogP contribution in [0.2, 0.25) is 0 Å². The number of esters is 1. The molecule has 210 valence electrons. The Bertz CT molecular complexity index is 1120. The van der Waals surface area contributed by atoms with Crippen LogP contribution >= 0.6 is 0 Å². The molecule has 1 aromatic carbocycles. The molecule has 1 amide bonds. The fourth-order valence-electron chi connectivity index (χ4n) is 4.66. The van der Waals surface area contributed by atoms with Crippen LogP contribution in [-0.2, 0) is 18.9 Å². The number of cyclic esters (lactones) is 1. The van der Waals surface area contributed by atoms with E-state index in [0.717, 1.165) is 0 Å². The van der Waals surface area contributed by atoms with Gasteiger partial charge in [0.2, 0.25) is 0 Å². The van der Waals surface area contributed by atoms with Gasteiger partial charge in [-0.2, -0.15) is 0 Å². The molecule has 5 atom stereocenters. The van der Waals surface area contributed by atoms with Crippen LogP contribution in [0.3, 0.4) is 0 Å². The predicted octanol–water partition coefficient (Wildman–Crippen LogP) is 6.97. The number of benzene rings is 1. The van der Waals surface area contributed by atoms with Crippen molar-refractivity contribution < 1.29 is 32.9 Å². The molecule has 0 aliphatic carbocycles. The summed E-state index contributed by atoms with van der Waals surface area (Å²) >= 11 is 0. The summed E-state index contributed by atoms with van der Waals surface area (Å²) in [6, 6.07) is 3.52. The van der Waals surface area contributed by atoms with Gasteiger partial charge in [0, 0.05) is 24.6 Å². The molecule has 2 heterocycles. The van der Waals surface area contributed by atoms with E-state index in [0.29, 0.717) is 28.8 Å². The molecular weight excluding hydrogens is 489 g/mol. The van der Waals surface area contributed by atoms with Gasteiger partial charge in [-0.25, -0.2) is 14.0 Å². The number of aryl methyl sites for hydroxylation is 1. The third-order valence-electron chi connectivity index (χ3n) is 6.88. The molecule has 38 heavy (non-hydrogen) atoms. The Labute approximate surface area is 226 Å². The van der Waals surface area contributed by atoms with Crippen molar-refractivity contribution in [2.24, 2.45) is 11.8 Å². The van der Waals surface area contributed by atoms with Gasteiger partial charge < -0.3 is 18.9 Å². The van der Waals surface area contributed by atoms with E-state index in [4.69, 9.17) is 18.9 Å². The lowest BCUT2D eigenvalue weighted by atomic mass is 9.93. The number of carbonyl (C=O) groups is 2. The Kier molecular flexibility index (Phi) is 8.78. The second kappa shape index (κ2) is 11.2. The summed E-state index contributed by atoms with van der Waals surface area (Å²) < 4.78 is 38.8. The quantitative estimate of drug-likeness (QED) is 0.364. The number of carbonyl (C=O) groups excluding carboxylic acids is 2. The van der Waals surface area contributed by atoms with E-state index in [1.54, 1.807) is 60.7 Å². The van der Waals surface area contributed by atoms with Crippen molar-refractivity contribution in [3.8, 4) is 0 Å². The van der Waals surface area contributed by atoms with Crippen LogP contribution in [0, 0.1) is 18.8 Å². The minimum atomic E-state index is -0.846. The molecule has 1 saturated heterocycles. The molecule has 1 fully saturated rings. The van der Waals surface area contributed by atoms with E-state index in [9.17, 15) is 9.59 Å². The van der Waals surface area contributed by atoms with Gasteiger partial charge in [-0.05, 0) is 84.2 Å². The minimum absolute atomic E-state index is 0.316. The van der Waals surface area contributed by atoms with Crippen molar-refractivity contribution in [2.45, 2.75) is 98.4 Å². The van der Waals surface area contributed by atoms with Crippen LogP contribution in [0.25, 0.3) is 6.08 Å². The molecule has 0 spiro atoms. The van der Waals surface area contributed by atoms with Crippen molar-refractivity contribution >= 4 is 23.8 Å². The third-order valence-corrected chi connectivity index (χ3v) is 6.88. The number of hydrogen-bond donors (Lipinski definition) is 0. The van der Waals surface area contributed by atoms with Gasteiger partial charge >= 0.3 is 12.1 Å². The molecular formula is C30H42FNO6. The molecule has 1 aromatic rings. The zero-order chi connectivity index (χ0) is 28.6. The molecule has 8 heteroatoms. The van der Waals surface area contributed by atoms with Crippen molar-refractivity contribution in [1.29, 1.82) is 0 Å². The summed E-state index contributed by atoms with van der Waals surface area (Å²) in [5, 5.41) is 0. The van der Waals surface area contributed by atoms with Gasteiger partial charge in [0.15, 0.2) is 5.79 Å². The van der Waals surface area contributed by atoms with Crippen LogP contribution in [0.15, 0.2) is 30.1 Å². The SMILES string of the molecule is Cc1cc(N(C)C(=O)OC(C)(C)C)cc2c1C(=O)O[C@@H](C)[C@H](C)/C=C(/F)[C@@H](C)[C@H]1OC(C)(C)O[C@H]1C/C=C/2. The molecule has 2 aliphatic heterocycles. The first-order valence-electron chi connectivity index (χ1n) is 13.2. The smallest absolute Gasteiger partial charge is 0.414 e. The first kappa shape index (κ1) is 29.8. The largest absolute Gasteiger partial charge is 0.458 e. The second-order valence-corrected chi connectivity index (χ2v) is 11.9. The van der Waals surface area contributed by atoms with Gasteiger partial charge in [-0.1, -0.05) is 26.0 Å². The van der Waals surface area contributed by atoms with Crippen molar-refractivity contribution in [3.63, 3.8) is 0 Å². The first-order valence-corrected chi connectivity index (χ1v) is 13.2. The van der Waals surface area contributed by atoms with E-state index in [2.05, 4.69) is 0 Å². The third kappa shape index (κ3) is 7.03. The number of amides is 1. The van der Waals surface area contributed by atoms with Crippen LogP contribution in [0.4, 0.5) is 14.9 Å². The van der Waals surface area contributed by atoms with Crippen LogP contribution < -0.4 is 4.90 Å². The summed E-state index contributed by atoms with van der Waals surface area (Å²) in [5.74, 6) is -2.57. The molecule has 7 nitrogen and oxygen atoms in total. The second-order valence-electron chi connectivity index (χ2n) is 11.9. The van der Waals surface area contributed by atoms with Gasteiger partial charge in [0.05, 0.1) is 17.8 Å². The Morgan fingerprint density at radius 1 is 1.16 bits per heavy atom. The molecule has 3 rings (SSSR count). The van der Waals surface area contributed by atoms with Crippen LogP contribution in [0.5, 0.6) is 0 Å². The lowest BCUT2D eigenvalue weighted by Crippen LogP contribution is -2.34. The lowest BCUT2D eigenvalue weighted by Gasteiger charge is -2.26. The van der Waals surface area contributed by atoms with E-state index < -0.39 is 41.6 Å². The van der Waals surface area contributed by atoms with Crippen molar-refractivity contribution in [1.82, 2.24) is 0 Å². The zero-order valence-corrected chi connectivity index (χ0v) is 24.3. The molecule has 0 radical (unpaired) electrons. The maximum atomic E-state index is 15.3. The number of halogens is 1. The normalized spacial score (nSPS) is 30.1. The molecule has 2 aliphatic rings. The Morgan fingerprint density at radius 2 is 1.82 bits per heavy atom. The fraction of sp³-hybridized carbons (Fsp3) is 0.600. The summed E-state index contributed by atoms with van der Waals surface area (Å²) in [5.41, 5.74) is 1.56. The first-order chi connectivity index (χ1) is 17.5. The van der Waals surface area contributed by atoms with Crippen molar-refractivity contribution in [2.75, 3.05) is 11.9 Å².